The van der Waals surface area contributed by atoms with Crippen LogP contribution in [0.5, 0.6) is 0 Å². The zero-order chi connectivity index (χ0) is 11.1. The quantitative estimate of drug-likeness (QED) is 0.790. The highest BCUT2D eigenvalue weighted by molar-refractivity contribution is 4.73. The van der Waals surface area contributed by atoms with E-state index in [2.05, 4.69) is 10.2 Å². The highest BCUT2D eigenvalue weighted by Crippen LogP contribution is 2.17. The molecule has 1 heterocycles. The summed E-state index contributed by atoms with van der Waals surface area (Å²) in [5.74, 6) is 0. The first-order valence-electron chi connectivity index (χ1n) is 7.41. The summed E-state index contributed by atoms with van der Waals surface area (Å²) in [4.78, 5) is 2.66. The highest BCUT2D eigenvalue weighted by Gasteiger charge is 2.13. The molecule has 0 atom stereocenters. The zero-order valence-electron chi connectivity index (χ0n) is 10.7. The minimum atomic E-state index is 0.834. The lowest BCUT2D eigenvalue weighted by molar-refractivity contribution is 0.270. The summed E-state index contributed by atoms with van der Waals surface area (Å²) in [6.45, 7) is 5.17. The van der Waals surface area contributed by atoms with Crippen molar-refractivity contribution in [2.75, 3.05) is 26.2 Å². The molecule has 2 fully saturated rings. The summed E-state index contributed by atoms with van der Waals surface area (Å²) >= 11 is 0. The Labute approximate surface area is 101 Å². The van der Waals surface area contributed by atoms with E-state index in [0.29, 0.717) is 0 Å². The van der Waals surface area contributed by atoms with Crippen molar-refractivity contribution in [2.24, 2.45) is 0 Å². The normalized spacial score (nSPS) is 25.5. The lowest BCUT2D eigenvalue weighted by atomic mass is 9.95. The molecule has 1 saturated carbocycles. The van der Waals surface area contributed by atoms with Gasteiger partial charge in [-0.3, -0.25) is 0 Å². The third-order valence-electron chi connectivity index (χ3n) is 4.16. The third-order valence-corrected chi connectivity index (χ3v) is 4.16. The molecule has 0 bridgehead atoms. The van der Waals surface area contributed by atoms with Crippen LogP contribution in [-0.2, 0) is 0 Å². The first-order valence-corrected chi connectivity index (χ1v) is 7.41. The predicted octanol–water partition coefficient (Wildman–Crippen LogP) is 2.78. The number of nitrogens with zero attached hydrogens (tertiary/aromatic N) is 1. The first-order chi connectivity index (χ1) is 7.95. The standard InChI is InChI=1S/C14H28N2/c1-2-7-12-16(11-6-1)13-10-15-14-8-4-3-5-9-14/h14-15H,1-13H2. The smallest absolute Gasteiger partial charge is 0.0107 e. The van der Waals surface area contributed by atoms with E-state index in [-0.39, 0.29) is 0 Å². The molecule has 2 aliphatic rings. The van der Waals surface area contributed by atoms with E-state index in [1.54, 1.807) is 0 Å². The molecule has 1 aliphatic heterocycles. The van der Waals surface area contributed by atoms with Crippen LogP contribution in [0, 0.1) is 0 Å². The number of hydrogen-bond donors (Lipinski definition) is 1. The fourth-order valence-electron chi connectivity index (χ4n) is 3.09. The predicted molar refractivity (Wildman–Crippen MR) is 69.8 cm³/mol. The van der Waals surface area contributed by atoms with Crippen LogP contribution >= 0.6 is 0 Å². The molecule has 94 valence electrons. The van der Waals surface area contributed by atoms with E-state index in [1.165, 1.54) is 84.0 Å². The highest BCUT2D eigenvalue weighted by atomic mass is 15.1. The Kier molecular flexibility index (Phi) is 5.64. The van der Waals surface area contributed by atoms with Crippen LogP contribution < -0.4 is 5.32 Å². The number of hydrogen-bond acceptors (Lipinski definition) is 2. The van der Waals surface area contributed by atoms with Gasteiger partial charge >= 0.3 is 0 Å². The summed E-state index contributed by atoms with van der Waals surface area (Å²) in [6.07, 6.45) is 12.9. The van der Waals surface area contributed by atoms with Crippen molar-refractivity contribution in [3.63, 3.8) is 0 Å². The van der Waals surface area contributed by atoms with E-state index in [0.717, 1.165) is 6.04 Å². The average molecular weight is 224 g/mol. The molecular weight excluding hydrogens is 196 g/mol. The Hall–Kier alpha value is -0.0800. The number of likely N-dealkylation sites (tertiary alicyclic amines) is 1. The van der Waals surface area contributed by atoms with Gasteiger partial charge in [0.25, 0.3) is 0 Å². The fourth-order valence-corrected chi connectivity index (χ4v) is 3.09. The minimum Gasteiger partial charge on any atom is -0.313 e. The van der Waals surface area contributed by atoms with Gasteiger partial charge in [-0.1, -0.05) is 32.1 Å². The van der Waals surface area contributed by atoms with Gasteiger partial charge in [-0.25, -0.2) is 0 Å². The monoisotopic (exact) mass is 224 g/mol. The second-order valence-corrected chi connectivity index (χ2v) is 5.54. The van der Waals surface area contributed by atoms with Crippen molar-refractivity contribution in [1.82, 2.24) is 10.2 Å². The molecule has 16 heavy (non-hydrogen) atoms. The third kappa shape index (κ3) is 4.42. The van der Waals surface area contributed by atoms with E-state index in [1.807, 2.05) is 0 Å². The van der Waals surface area contributed by atoms with Crippen molar-refractivity contribution < 1.29 is 0 Å². The molecule has 0 radical (unpaired) electrons. The van der Waals surface area contributed by atoms with Crippen LogP contribution in [0.3, 0.4) is 0 Å². The summed E-state index contributed by atoms with van der Waals surface area (Å²) in [5, 5.41) is 3.75. The number of nitrogens with one attached hydrogen (secondary N) is 1. The lowest BCUT2D eigenvalue weighted by Gasteiger charge is -2.25. The molecule has 0 spiro atoms. The second kappa shape index (κ2) is 7.29. The molecule has 0 amide bonds. The van der Waals surface area contributed by atoms with Crippen LogP contribution in [0.15, 0.2) is 0 Å². The Bertz CT molecular complexity index is 168. The van der Waals surface area contributed by atoms with Crippen LogP contribution in [0.4, 0.5) is 0 Å². The van der Waals surface area contributed by atoms with Crippen molar-refractivity contribution >= 4 is 0 Å². The van der Waals surface area contributed by atoms with Gasteiger partial charge in [0.1, 0.15) is 0 Å². The lowest BCUT2D eigenvalue weighted by Crippen LogP contribution is -2.38. The average Bonchev–Trinajstić information content (AvgIpc) is 2.59. The van der Waals surface area contributed by atoms with Crippen LogP contribution in [-0.4, -0.2) is 37.1 Å². The van der Waals surface area contributed by atoms with Crippen molar-refractivity contribution in [3.05, 3.63) is 0 Å². The summed E-state index contributed by atoms with van der Waals surface area (Å²) in [5.41, 5.74) is 0. The summed E-state index contributed by atoms with van der Waals surface area (Å²) < 4.78 is 0. The fraction of sp³-hybridized carbons (Fsp3) is 1.00. The largest absolute Gasteiger partial charge is 0.313 e. The minimum absolute atomic E-state index is 0.834. The van der Waals surface area contributed by atoms with Crippen LogP contribution in [0.25, 0.3) is 0 Å². The van der Waals surface area contributed by atoms with Gasteiger partial charge in [0.05, 0.1) is 0 Å². The van der Waals surface area contributed by atoms with Gasteiger partial charge in [-0.05, 0) is 38.8 Å². The van der Waals surface area contributed by atoms with E-state index in [4.69, 9.17) is 0 Å². The summed E-state index contributed by atoms with van der Waals surface area (Å²) in [6, 6.07) is 0.834. The van der Waals surface area contributed by atoms with Crippen molar-refractivity contribution in [2.45, 2.75) is 63.8 Å². The van der Waals surface area contributed by atoms with E-state index < -0.39 is 0 Å². The van der Waals surface area contributed by atoms with Crippen molar-refractivity contribution in [3.8, 4) is 0 Å². The van der Waals surface area contributed by atoms with Crippen LogP contribution in [0.1, 0.15) is 57.8 Å². The number of rotatable bonds is 4. The molecule has 2 rings (SSSR count). The Morgan fingerprint density at radius 1 is 0.812 bits per heavy atom. The van der Waals surface area contributed by atoms with Gasteiger partial charge in [-0.15, -0.1) is 0 Å². The maximum absolute atomic E-state index is 3.75. The molecular formula is C14H28N2. The van der Waals surface area contributed by atoms with Crippen molar-refractivity contribution in [1.29, 1.82) is 0 Å². The SMILES string of the molecule is C1CCC(NCCN2CCCCCC2)CC1. The molecule has 0 aromatic rings. The molecule has 2 nitrogen and oxygen atoms in total. The molecule has 0 aromatic heterocycles. The van der Waals surface area contributed by atoms with Gasteiger partial charge in [-0.2, -0.15) is 0 Å². The molecule has 2 heteroatoms. The first kappa shape index (κ1) is 12.4. The molecule has 1 N–H and O–H groups in total. The molecule has 0 unspecified atom stereocenters. The Morgan fingerprint density at radius 3 is 2.12 bits per heavy atom. The molecule has 1 aliphatic carbocycles. The zero-order valence-corrected chi connectivity index (χ0v) is 10.7. The van der Waals surface area contributed by atoms with E-state index in [9.17, 15) is 0 Å². The van der Waals surface area contributed by atoms with Gasteiger partial charge in [0.2, 0.25) is 0 Å². The van der Waals surface area contributed by atoms with Gasteiger partial charge in [0.15, 0.2) is 0 Å². The van der Waals surface area contributed by atoms with E-state index >= 15 is 0 Å². The Balaban J connectivity index is 1.55. The Morgan fingerprint density at radius 2 is 1.44 bits per heavy atom. The molecule has 0 aromatic carbocycles. The topological polar surface area (TPSA) is 15.3 Å². The van der Waals surface area contributed by atoms with Gasteiger partial charge < -0.3 is 10.2 Å². The second-order valence-electron chi connectivity index (χ2n) is 5.54. The maximum atomic E-state index is 3.75. The molecule has 1 saturated heterocycles. The maximum Gasteiger partial charge on any atom is 0.0107 e. The van der Waals surface area contributed by atoms with Crippen LogP contribution in [0.2, 0.25) is 0 Å². The van der Waals surface area contributed by atoms with Gasteiger partial charge in [0, 0.05) is 19.1 Å². The summed E-state index contributed by atoms with van der Waals surface area (Å²) in [7, 11) is 0.